The van der Waals surface area contributed by atoms with E-state index in [1.807, 2.05) is 60.0 Å². The summed E-state index contributed by atoms with van der Waals surface area (Å²) in [4.78, 5) is 24.6. The van der Waals surface area contributed by atoms with E-state index in [0.717, 1.165) is 22.2 Å². The second-order valence-electron chi connectivity index (χ2n) is 6.89. The molecule has 0 aliphatic carbocycles. The van der Waals surface area contributed by atoms with Crippen molar-refractivity contribution >= 4 is 35.3 Å². The number of carbonyl (C=O) groups excluding carboxylic acids is 2. The molecule has 0 bridgehead atoms. The van der Waals surface area contributed by atoms with Crippen molar-refractivity contribution in [3.63, 3.8) is 0 Å². The first-order chi connectivity index (χ1) is 14.5. The van der Waals surface area contributed by atoms with Gasteiger partial charge in [-0.3, -0.25) is 14.3 Å². The topological polar surface area (TPSA) is 80.1 Å². The van der Waals surface area contributed by atoms with Crippen LogP contribution in [0.1, 0.15) is 12.0 Å². The summed E-state index contributed by atoms with van der Waals surface area (Å²) in [5, 5.41) is 12.8. The molecule has 2 heterocycles. The number of thioether (sulfide) groups is 1. The van der Waals surface area contributed by atoms with Crippen molar-refractivity contribution in [2.24, 2.45) is 0 Å². The van der Waals surface area contributed by atoms with Gasteiger partial charge in [0, 0.05) is 28.6 Å². The lowest BCUT2D eigenvalue weighted by Gasteiger charge is -2.13. The van der Waals surface area contributed by atoms with Gasteiger partial charge in [-0.1, -0.05) is 53.2 Å². The molecule has 1 fully saturated rings. The number of amides is 3. The maximum absolute atomic E-state index is 11.7. The lowest BCUT2D eigenvalue weighted by Crippen LogP contribution is -2.32. The van der Waals surface area contributed by atoms with Crippen LogP contribution in [-0.2, 0) is 4.79 Å². The SMILES string of the molecule is Cc1ccc(-c2nnc(SCCCN3C(=O)CNC3=O)n2-c2ccc(Cl)cc2)cc1. The van der Waals surface area contributed by atoms with Crippen LogP contribution in [0.5, 0.6) is 0 Å². The molecule has 0 radical (unpaired) electrons. The van der Waals surface area contributed by atoms with Crippen LogP contribution < -0.4 is 5.32 Å². The molecule has 1 N–H and O–H groups in total. The van der Waals surface area contributed by atoms with Gasteiger partial charge in [-0.2, -0.15) is 0 Å². The van der Waals surface area contributed by atoms with Crippen molar-refractivity contribution in [1.29, 1.82) is 0 Å². The molecule has 1 saturated heterocycles. The van der Waals surface area contributed by atoms with Crippen LogP contribution in [0.15, 0.2) is 53.7 Å². The fraction of sp³-hybridized carbons (Fsp3) is 0.238. The predicted octanol–water partition coefficient (Wildman–Crippen LogP) is 3.93. The van der Waals surface area contributed by atoms with Crippen molar-refractivity contribution in [2.45, 2.75) is 18.5 Å². The monoisotopic (exact) mass is 441 g/mol. The summed E-state index contributed by atoms with van der Waals surface area (Å²) in [5.41, 5.74) is 3.05. The number of urea groups is 1. The third-order valence-corrected chi connectivity index (χ3v) is 5.99. The number of hydrogen-bond donors (Lipinski definition) is 1. The molecule has 7 nitrogen and oxygen atoms in total. The van der Waals surface area contributed by atoms with Gasteiger partial charge in [0.2, 0.25) is 5.91 Å². The summed E-state index contributed by atoms with van der Waals surface area (Å²) in [6, 6.07) is 15.3. The van der Waals surface area contributed by atoms with E-state index in [-0.39, 0.29) is 18.5 Å². The van der Waals surface area contributed by atoms with E-state index in [4.69, 9.17) is 11.6 Å². The largest absolute Gasteiger partial charge is 0.329 e. The fourth-order valence-electron chi connectivity index (χ4n) is 3.14. The summed E-state index contributed by atoms with van der Waals surface area (Å²) >= 11 is 7.60. The van der Waals surface area contributed by atoms with E-state index in [9.17, 15) is 9.59 Å². The van der Waals surface area contributed by atoms with E-state index >= 15 is 0 Å². The summed E-state index contributed by atoms with van der Waals surface area (Å²) in [7, 11) is 0. The van der Waals surface area contributed by atoms with Crippen LogP contribution >= 0.6 is 23.4 Å². The number of aromatic nitrogens is 3. The minimum atomic E-state index is -0.323. The van der Waals surface area contributed by atoms with Gasteiger partial charge in [0.1, 0.15) is 0 Å². The molecule has 0 spiro atoms. The smallest absolute Gasteiger partial charge is 0.324 e. The Hall–Kier alpha value is -2.84. The first-order valence-corrected chi connectivity index (χ1v) is 10.9. The van der Waals surface area contributed by atoms with E-state index in [0.29, 0.717) is 23.7 Å². The van der Waals surface area contributed by atoms with Gasteiger partial charge >= 0.3 is 6.03 Å². The van der Waals surface area contributed by atoms with E-state index < -0.39 is 0 Å². The number of halogens is 1. The lowest BCUT2D eigenvalue weighted by atomic mass is 10.1. The molecule has 1 aromatic heterocycles. The first kappa shape index (κ1) is 20.4. The number of aryl methyl sites for hydroxylation is 1. The third-order valence-electron chi connectivity index (χ3n) is 4.72. The molecule has 0 atom stereocenters. The summed E-state index contributed by atoms with van der Waals surface area (Å²) in [5.74, 6) is 1.25. The van der Waals surface area contributed by atoms with Crippen molar-refractivity contribution in [3.8, 4) is 17.1 Å². The van der Waals surface area contributed by atoms with Crippen molar-refractivity contribution in [3.05, 3.63) is 59.1 Å². The predicted molar refractivity (Wildman–Crippen MR) is 117 cm³/mol. The fourth-order valence-corrected chi connectivity index (χ4v) is 4.15. The minimum absolute atomic E-state index is 0.0801. The molecular weight excluding hydrogens is 422 g/mol. The highest BCUT2D eigenvalue weighted by Gasteiger charge is 2.27. The highest BCUT2D eigenvalue weighted by Crippen LogP contribution is 2.29. The van der Waals surface area contributed by atoms with Crippen molar-refractivity contribution in [1.82, 2.24) is 25.0 Å². The molecule has 0 unspecified atom stereocenters. The van der Waals surface area contributed by atoms with Crippen LogP contribution in [-0.4, -0.2) is 50.4 Å². The second kappa shape index (κ2) is 8.89. The maximum Gasteiger partial charge on any atom is 0.324 e. The van der Waals surface area contributed by atoms with E-state index in [2.05, 4.69) is 15.5 Å². The Kier molecular flexibility index (Phi) is 6.06. The Bertz CT molecular complexity index is 1050. The van der Waals surface area contributed by atoms with Crippen LogP contribution in [0, 0.1) is 6.92 Å². The Morgan fingerprint density at radius 2 is 1.80 bits per heavy atom. The Morgan fingerprint density at radius 3 is 2.47 bits per heavy atom. The minimum Gasteiger partial charge on any atom is -0.329 e. The van der Waals surface area contributed by atoms with Gasteiger partial charge < -0.3 is 5.32 Å². The number of imide groups is 1. The molecule has 9 heteroatoms. The van der Waals surface area contributed by atoms with E-state index in [1.165, 1.54) is 22.2 Å². The molecule has 1 aliphatic rings. The quantitative estimate of drug-likeness (QED) is 0.341. The Morgan fingerprint density at radius 1 is 1.07 bits per heavy atom. The first-order valence-electron chi connectivity index (χ1n) is 9.52. The maximum atomic E-state index is 11.7. The van der Waals surface area contributed by atoms with Gasteiger partial charge in [-0.25, -0.2) is 4.79 Å². The number of carbonyl (C=O) groups is 2. The average molecular weight is 442 g/mol. The van der Waals surface area contributed by atoms with Crippen LogP contribution in [0.25, 0.3) is 17.1 Å². The molecule has 154 valence electrons. The lowest BCUT2D eigenvalue weighted by molar-refractivity contribution is -0.124. The third kappa shape index (κ3) is 4.34. The standard InChI is InChI=1S/C21H20ClN5O2S/c1-14-3-5-15(6-4-14)19-24-25-21(27(19)17-9-7-16(22)8-10-17)30-12-2-11-26-18(28)13-23-20(26)29/h3-10H,2,11-13H2,1H3,(H,23,29). The number of nitrogens with one attached hydrogen (secondary N) is 1. The number of rotatable bonds is 7. The van der Waals surface area contributed by atoms with Gasteiger partial charge in [0.05, 0.1) is 6.54 Å². The number of nitrogens with zero attached hydrogens (tertiary/aromatic N) is 4. The summed E-state index contributed by atoms with van der Waals surface area (Å²) < 4.78 is 2.00. The van der Waals surface area contributed by atoms with Crippen molar-refractivity contribution in [2.75, 3.05) is 18.8 Å². The normalized spacial score (nSPS) is 13.7. The number of hydrogen-bond acceptors (Lipinski definition) is 5. The second-order valence-corrected chi connectivity index (χ2v) is 8.39. The van der Waals surface area contributed by atoms with Gasteiger partial charge in [0.25, 0.3) is 0 Å². The van der Waals surface area contributed by atoms with E-state index in [1.54, 1.807) is 0 Å². The van der Waals surface area contributed by atoms with Crippen LogP contribution in [0.3, 0.4) is 0 Å². The average Bonchev–Trinajstić information content (AvgIpc) is 3.30. The zero-order chi connectivity index (χ0) is 21.1. The highest BCUT2D eigenvalue weighted by atomic mass is 35.5. The van der Waals surface area contributed by atoms with Crippen molar-refractivity contribution < 1.29 is 9.59 Å². The van der Waals surface area contributed by atoms with Gasteiger partial charge in [0.15, 0.2) is 11.0 Å². The molecule has 2 aromatic carbocycles. The Labute approximate surface area is 183 Å². The van der Waals surface area contributed by atoms with Gasteiger partial charge in [-0.15, -0.1) is 10.2 Å². The zero-order valence-corrected chi connectivity index (χ0v) is 17.9. The summed E-state index contributed by atoms with van der Waals surface area (Å²) in [6.45, 7) is 2.51. The summed E-state index contributed by atoms with van der Waals surface area (Å²) in [6.07, 6.45) is 0.664. The molecule has 30 heavy (non-hydrogen) atoms. The zero-order valence-electron chi connectivity index (χ0n) is 16.3. The van der Waals surface area contributed by atoms with Crippen LogP contribution in [0.2, 0.25) is 5.02 Å². The molecule has 0 saturated carbocycles. The number of benzene rings is 2. The Balaban J connectivity index is 1.55. The highest BCUT2D eigenvalue weighted by molar-refractivity contribution is 7.99. The molecule has 3 aromatic rings. The van der Waals surface area contributed by atoms with Gasteiger partial charge in [-0.05, 0) is 37.6 Å². The molecule has 3 amide bonds. The molecule has 4 rings (SSSR count). The molecular formula is C21H20ClN5O2S. The molecule has 1 aliphatic heterocycles. The van der Waals surface area contributed by atoms with Crippen LogP contribution in [0.4, 0.5) is 4.79 Å².